The van der Waals surface area contributed by atoms with Gasteiger partial charge < -0.3 is 14.6 Å². The number of aromatic amines is 1. The van der Waals surface area contributed by atoms with Gasteiger partial charge >= 0.3 is 5.97 Å². The molecule has 6 heteroatoms. The Hall–Kier alpha value is -3.41. The molecule has 30 heavy (non-hydrogen) atoms. The van der Waals surface area contributed by atoms with Crippen LogP contribution in [0.2, 0.25) is 0 Å². The van der Waals surface area contributed by atoms with Gasteiger partial charge in [0, 0.05) is 31.4 Å². The summed E-state index contributed by atoms with van der Waals surface area (Å²) in [6.45, 7) is 5.85. The van der Waals surface area contributed by atoms with Gasteiger partial charge in [-0.15, -0.1) is 0 Å². The SMILES string of the molecule is CCOC(=O)/C=C/C=C/c1cccc(C(=O)c2c(CC)c(C)[nH]c(=O)c2N(C)C)c1. The zero-order valence-corrected chi connectivity index (χ0v) is 18.1. The highest BCUT2D eigenvalue weighted by Gasteiger charge is 2.23. The standard InChI is InChI=1S/C24H28N2O4/c1-6-19-16(3)25-24(29)22(26(4)5)21(19)23(28)18-13-10-12-17(15-18)11-8-9-14-20(27)30-7-2/h8-15H,6-7H2,1-5H3,(H,25,29)/b11-8+,14-9+. The number of hydrogen-bond donors (Lipinski definition) is 1. The van der Waals surface area contributed by atoms with Crippen LogP contribution in [0.3, 0.4) is 0 Å². The highest BCUT2D eigenvalue weighted by Crippen LogP contribution is 2.25. The van der Waals surface area contributed by atoms with Crippen LogP contribution in [0, 0.1) is 6.92 Å². The molecule has 0 atom stereocenters. The molecule has 0 bridgehead atoms. The van der Waals surface area contributed by atoms with Gasteiger partial charge in [-0.3, -0.25) is 9.59 Å². The largest absolute Gasteiger partial charge is 0.463 e. The highest BCUT2D eigenvalue weighted by molar-refractivity contribution is 6.13. The normalized spacial score (nSPS) is 11.2. The summed E-state index contributed by atoms with van der Waals surface area (Å²) in [5.74, 6) is -0.596. The van der Waals surface area contributed by atoms with Gasteiger partial charge in [0.05, 0.1) is 12.2 Å². The van der Waals surface area contributed by atoms with Crippen LogP contribution in [0.15, 0.2) is 47.3 Å². The van der Waals surface area contributed by atoms with Crippen LogP contribution in [-0.4, -0.2) is 37.4 Å². The van der Waals surface area contributed by atoms with Gasteiger partial charge in [-0.1, -0.05) is 43.4 Å². The Morgan fingerprint density at radius 3 is 2.53 bits per heavy atom. The number of H-pyrrole nitrogens is 1. The third-order valence-corrected chi connectivity index (χ3v) is 4.60. The number of aromatic nitrogens is 1. The summed E-state index contributed by atoms with van der Waals surface area (Å²) in [6, 6.07) is 7.17. The smallest absolute Gasteiger partial charge is 0.330 e. The van der Waals surface area contributed by atoms with Crippen molar-refractivity contribution in [2.75, 3.05) is 25.6 Å². The predicted octanol–water partition coefficient (Wildman–Crippen LogP) is 3.68. The Bertz CT molecular complexity index is 1050. The fourth-order valence-corrected chi connectivity index (χ4v) is 3.28. The molecule has 0 radical (unpaired) electrons. The van der Waals surface area contributed by atoms with Crippen LogP contribution in [0.5, 0.6) is 0 Å². The summed E-state index contributed by atoms with van der Waals surface area (Å²) in [5.41, 5.74) is 3.36. The Morgan fingerprint density at radius 2 is 1.90 bits per heavy atom. The molecule has 1 aromatic carbocycles. The van der Waals surface area contributed by atoms with Gasteiger partial charge in [0.15, 0.2) is 5.78 Å². The molecule has 0 saturated heterocycles. The molecule has 0 unspecified atom stereocenters. The molecule has 0 amide bonds. The topological polar surface area (TPSA) is 79.5 Å². The summed E-state index contributed by atoms with van der Waals surface area (Å²) in [6.07, 6.45) is 7.06. The van der Waals surface area contributed by atoms with E-state index in [1.807, 2.05) is 19.9 Å². The number of pyridine rings is 1. The number of anilines is 1. The summed E-state index contributed by atoms with van der Waals surface area (Å²) in [7, 11) is 3.51. The monoisotopic (exact) mass is 408 g/mol. The number of aryl methyl sites for hydroxylation is 1. The van der Waals surface area contributed by atoms with E-state index in [4.69, 9.17) is 4.74 Å². The van der Waals surface area contributed by atoms with Crippen molar-refractivity contribution in [3.8, 4) is 0 Å². The molecule has 0 aliphatic heterocycles. The molecule has 0 fully saturated rings. The third kappa shape index (κ3) is 5.35. The Morgan fingerprint density at radius 1 is 1.17 bits per heavy atom. The van der Waals surface area contributed by atoms with E-state index in [-0.39, 0.29) is 11.3 Å². The molecule has 1 N–H and O–H groups in total. The van der Waals surface area contributed by atoms with Crippen molar-refractivity contribution in [3.63, 3.8) is 0 Å². The van der Waals surface area contributed by atoms with Crippen LogP contribution in [0.4, 0.5) is 5.69 Å². The second-order valence-electron chi connectivity index (χ2n) is 6.95. The number of rotatable bonds is 8. The predicted molar refractivity (Wildman–Crippen MR) is 120 cm³/mol. The number of carbonyl (C=O) groups excluding carboxylic acids is 2. The molecule has 2 rings (SSSR count). The minimum Gasteiger partial charge on any atom is -0.463 e. The van der Waals surface area contributed by atoms with Gasteiger partial charge in [0.1, 0.15) is 5.69 Å². The number of hydrogen-bond acceptors (Lipinski definition) is 5. The number of carbonyl (C=O) groups is 2. The van der Waals surface area contributed by atoms with Gasteiger partial charge in [-0.05, 0) is 37.5 Å². The molecule has 2 aromatic rings. The summed E-state index contributed by atoms with van der Waals surface area (Å²) >= 11 is 0. The average molecular weight is 408 g/mol. The highest BCUT2D eigenvalue weighted by atomic mass is 16.5. The van der Waals surface area contributed by atoms with Gasteiger partial charge in [0.2, 0.25) is 0 Å². The second-order valence-corrected chi connectivity index (χ2v) is 6.95. The molecule has 1 heterocycles. The number of nitrogens with zero attached hydrogens (tertiary/aromatic N) is 1. The number of nitrogens with one attached hydrogen (secondary N) is 1. The van der Waals surface area contributed by atoms with Gasteiger partial charge in [-0.25, -0.2) is 4.79 Å². The van der Waals surface area contributed by atoms with Crippen LogP contribution < -0.4 is 10.5 Å². The first-order valence-electron chi connectivity index (χ1n) is 9.89. The molecular formula is C24H28N2O4. The maximum absolute atomic E-state index is 13.4. The van der Waals surface area contributed by atoms with Crippen LogP contribution in [0.1, 0.15) is 46.6 Å². The Labute approximate surface area is 176 Å². The van der Waals surface area contributed by atoms with Crippen molar-refractivity contribution in [2.24, 2.45) is 0 Å². The second kappa shape index (κ2) is 10.4. The van der Waals surface area contributed by atoms with Gasteiger partial charge in [0.25, 0.3) is 5.56 Å². The first-order valence-corrected chi connectivity index (χ1v) is 9.89. The number of ether oxygens (including phenoxy) is 1. The number of allylic oxidation sites excluding steroid dienone is 2. The zero-order chi connectivity index (χ0) is 22.3. The van der Waals surface area contributed by atoms with Crippen molar-refractivity contribution >= 4 is 23.5 Å². The minimum absolute atomic E-state index is 0.193. The maximum atomic E-state index is 13.4. The van der Waals surface area contributed by atoms with E-state index >= 15 is 0 Å². The van der Waals surface area contributed by atoms with Crippen LogP contribution >= 0.6 is 0 Å². The van der Waals surface area contributed by atoms with Crippen molar-refractivity contribution < 1.29 is 14.3 Å². The maximum Gasteiger partial charge on any atom is 0.330 e. The van der Waals surface area contributed by atoms with Gasteiger partial charge in [-0.2, -0.15) is 0 Å². The molecular weight excluding hydrogens is 380 g/mol. The summed E-state index contributed by atoms with van der Waals surface area (Å²) < 4.78 is 4.83. The summed E-state index contributed by atoms with van der Waals surface area (Å²) in [4.78, 5) is 41.8. The fraction of sp³-hybridized carbons (Fsp3) is 0.292. The molecule has 0 aliphatic carbocycles. The minimum atomic E-state index is -0.404. The third-order valence-electron chi connectivity index (χ3n) is 4.60. The Kier molecular flexibility index (Phi) is 7.92. The van der Waals surface area contributed by atoms with E-state index in [1.54, 1.807) is 62.3 Å². The van der Waals surface area contributed by atoms with Crippen molar-refractivity contribution in [1.82, 2.24) is 4.98 Å². The van der Waals surface area contributed by atoms with E-state index in [0.29, 0.717) is 35.5 Å². The van der Waals surface area contributed by atoms with E-state index in [1.165, 1.54) is 6.08 Å². The lowest BCUT2D eigenvalue weighted by Crippen LogP contribution is -2.27. The molecule has 0 saturated carbocycles. The lowest BCUT2D eigenvalue weighted by Gasteiger charge is -2.20. The zero-order valence-electron chi connectivity index (χ0n) is 18.1. The van der Waals surface area contributed by atoms with Crippen LogP contribution in [0.25, 0.3) is 6.08 Å². The molecule has 158 valence electrons. The van der Waals surface area contributed by atoms with E-state index in [9.17, 15) is 14.4 Å². The first kappa shape index (κ1) is 22.9. The number of esters is 1. The average Bonchev–Trinajstić information content (AvgIpc) is 2.70. The van der Waals surface area contributed by atoms with E-state index in [2.05, 4.69) is 4.98 Å². The van der Waals surface area contributed by atoms with Crippen LogP contribution in [-0.2, 0) is 16.0 Å². The Balaban J connectivity index is 2.43. The van der Waals surface area contributed by atoms with Crippen molar-refractivity contribution in [3.05, 3.63) is 80.8 Å². The quantitative estimate of drug-likeness (QED) is 0.312. The molecule has 6 nitrogen and oxygen atoms in total. The first-order chi connectivity index (χ1) is 14.3. The number of ketones is 1. The lowest BCUT2D eigenvalue weighted by atomic mass is 9.93. The summed E-state index contributed by atoms with van der Waals surface area (Å²) in [5, 5.41) is 0. The fourth-order valence-electron chi connectivity index (χ4n) is 3.28. The molecule has 0 spiro atoms. The van der Waals surface area contributed by atoms with E-state index < -0.39 is 5.97 Å². The van der Waals surface area contributed by atoms with Crippen molar-refractivity contribution in [2.45, 2.75) is 27.2 Å². The number of benzene rings is 1. The lowest BCUT2D eigenvalue weighted by molar-refractivity contribution is -0.137. The molecule has 1 aromatic heterocycles. The van der Waals surface area contributed by atoms with Crippen molar-refractivity contribution in [1.29, 1.82) is 0 Å². The molecule has 0 aliphatic rings. The van der Waals surface area contributed by atoms with E-state index in [0.717, 1.165) is 11.1 Å².